The minimum atomic E-state index is 0.0494. The van der Waals surface area contributed by atoms with Gasteiger partial charge in [-0.2, -0.15) is 4.98 Å². The zero-order valence-electron chi connectivity index (χ0n) is 19.5. The first-order valence-electron chi connectivity index (χ1n) is 11.9. The van der Waals surface area contributed by atoms with E-state index in [1.165, 1.54) is 5.56 Å². The van der Waals surface area contributed by atoms with E-state index in [1.807, 2.05) is 49.4 Å². The topological polar surface area (TPSA) is 80.5 Å². The van der Waals surface area contributed by atoms with E-state index in [4.69, 9.17) is 20.9 Å². The highest BCUT2D eigenvalue weighted by molar-refractivity contribution is 6.33. The molecule has 0 saturated carbocycles. The van der Waals surface area contributed by atoms with E-state index in [9.17, 15) is 4.79 Å². The third-order valence-corrected chi connectivity index (χ3v) is 6.42. The average molecular weight is 483 g/mol. The van der Waals surface area contributed by atoms with Gasteiger partial charge >= 0.3 is 0 Å². The van der Waals surface area contributed by atoms with Crippen molar-refractivity contribution in [1.82, 2.24) is 20.4 Å². The van der Waals surface area contributed by atoms with Crippen LogP contribution in [0.3, 0.4) is 0 Å². The Kier molecular flexibility index (Phi) is 8.55. The van der Waals surface area contributed by atoms with E-state index in [-0.39, 0.29) is 11.8 Å². The van der Waals surface area contributed by atoms with Crippen LogP contribution in [0.2, 0.25) is 5.02 Å². The second kappa shape index (κ2) is 12.0. The predicted octanol–water partition coefficient (Wildman–Crippen LogP) is 4.75. The summed E-state index contributed by atoms with van der Waals surface area (Å²) in [6.45, 7) is 5.54. The molecule has 2 heterocycles. The van der Waals surface area contributed by atoms with Crippen molar-refractivity contribution in [1.29, 1.82) is 0 Å². The van der Waals surface area contributed by atoms with Crippen LogP contribution in [0, 0.1) is 5.92 Å². The highest BCUT2D eigenvalue weighted by Crippen LogP contribution is 2.26. The first kappa shape index (κ1) is 24.2. The Hall–Kier alpha value is -2.90. The summed E-state index contributed by atoms with van der Waals surface area (Å²) in [6, 6.07) is 15.5. The molecule has 3 aromatic rings. The largest absolute Gasteiger partial charge is 0.494 e. The van der Waals surface area contributed by atoms with Gasteiger partial charge < -0.3 is 14.6 Å². The van der Waals surface area contributed by atoms with Crippen LogP contribution < -0.4 is 10.1 Å². The maximum Gasteiger partial charge on any atom is 0.241 e. The lowest BCUT2D eigenvalue weighted by Gasteiger charge is -2.30. The SMILES string of the molecule is CCOc1ccccc1CCCNC(=O)C1CCN(Cc2nc(-c3ccccc3Cl)no2)CC1. The van der Waals surface area contributed by atoms with E-state index < -0.39 is 0 Å². The number of rotatable bonds is 10. The lowest BCUT2D eigenvalue weighted by Crippen LogP contribution is -2.40. The smallest absolute Gasteiger partial charge is 0.241 e. The Balaban J connectivity index is 1.18. The first-order valence-corrected chi connectivity index (χ1v) is 12.3. The van der Waals surface area contributed by atoms with Gasteiger partial charge in [-0.25, -0.2) is 0 Å². The van der Waals surface area contributed by atoms with Gasteiger partial charge in [0.2, 0.25) is 17.6 Å². The molecular weight excluding hydrogens is 452 g/mol. The molecule has 0 atom stereocenters. The van der Waals surface area contributed by atoms with Crippen LogP contribution in [0.5, 0.6) is 5.75 Å². The molecule has 1 aliphatic heterocycles. The molecule has 0 aliphatic carbocycles. The number of halogens is 1. The van der Waals surface area contributed by atoms with Gasteiger partial charge in [0, 0.05) is 18.0 Å². The summed E-state index contributed by atoms with van der Waals surface area (Å²) >= 11 is 6.23. The van der Waals surface area contributed by atoms with Crippen LogP contribution in [-0.4, -0.2) is 47.2 Å². The Morgan fingerprint density at radius 1 is 1.18 bits per heavy atom. The third kappa shape index (κ3) is 6.36. The molecule has 0 spiro atoms. The summed E-state index contributed by atoms with van der Waals surface area (Å²) in [5.74, 6) is 2.19. The third-order valence-electron chi connectivity index (χ3n) is 6.09. The van der Waals surface area contributed by atoms with Crippen molar-refractivity contribution in [3.05, 3.63) is 65.0 Å². The molecule has 4 rings (SSSR count). The maximum absolute atomic E-state index is 12.6. The maximum atomic E-state index is 12.6. The zero-order chi connectivity index (χ0) is 23.8. The Morgan fingerprint density at radius 3 is 2.74 bits per heavy atom. The summed E-state index contributed by atoms with van der Waals surface area (Å²) in [5.41, 5.74) is 1.95. The number of aromatic nitrogens is 2. The van der Waals surface area contributed by atoms with Crippen molar-refractivity contribution in [2.24, 2.45) is 5.92 Å². The van der Waals surface area contributed by atoms with Crippen molar-refractivity contribution in [3.8, 4) is 17.1 Å². The normalized spacial score (nSPS) is 14.8. The van der Waals surface area contributed by atoms with Crippen LogP contribution in [0.15, 0.2) is 53.1 Å². The van der Waals surface area contributed by atoms with E-state index in [2.05, 4.69) is 26.4 Å². The van der Waals surface area contributed by atoms with Crippen LogP contribution in [-0.2, 0) is 17.8 Å². The molecule has 2 aromatic carbocycles. The summed E-state index contributed by atoms with van der Waals surface area (Å²) in [4.78, 5) is 19.4. The van der Waals surface area contributed by atoms with Gasteiger partial charge in [-0.1, -0.05) is 47.1 Å². The van der Waals surface area contributed by atoms with Crippen molar-refractivity contribution in [3.63, 3.8) is 0 Å². The van der Waals surface area contributed by atoms with Crippen molar-refractivity contribution in [2.45, 2.75) is 39.2 Å². The summed E-state index contributed by atoms with van der Waals surface area (Å²) < 4.78 is 11.1. The highest BCUT2D eigenvalue weighted by atomic mass is 35.5. The van der Waals surface area contributed by atoms with Gasteiger partial charge in [0.1, 0.15) is 5.75 Å². The summed E-state index contributed by atoms with van der Waals surface area (Å²) in [5, 5.41) is 7.78. The minimum Gasteiger partial charge on any atom is -0.494 e. The minimum absolute atomic E-state index is 0.0494. The number of hydrogen-bond acceptors (Lipinski definition) is 6. The fourth-order valence-electron chi connectivity index (χ4n) is 4.26. The van der Waals surface area contributed by atoms with E-state index in [0.717, 1.165) is 50.1 Å². The number of amides is 1. The van der Waals surface area contributed by atoms with Crippen molar-refractivity contribution in [2.75, 3.05) is 26.2 Å². The number of piperidine rings is 1. The standard InChI is InChI=1S/C26H31ClN4O3/c1-2-33-23-12-6-3-8-19(23)9-7-15-28-26(32)20-13-16-31(17-14-20)18-24-29-25(30-34-24)21-10-4-5-11-22(21)27/h3-6,8,10-12,20H,2,7,9,13-18H2,1H3,(H,28,32). The molecule has 0 radical (unpaired) electrons. The number of carbonyl (C=O) groups excluding carboxylic acids is 1. The molecule has 180 valence electrons. The van der Waals surface area contributed by atoms with Gasteiger partial charge in [0.25, 0.3) is 0 Å². The second-order valence-corrected chi connectivity index (χ2v) is 8.88. The molecule has 0 unspecified atom stereocenters. The van der Waals surface area contributed by atoms with E-state index in [1.54, 1.807) is 0 Å². The Morgan fingerprint density at radius 2 is 1.94 bits per heavy atom. The fraction of sp³-hybridized carbons (Fsp3) is 0.423. The number of nitrogens with zero attached hydrogens (tertiary/aromatic N) is 3. The summed E-state index contributed by atoms with van der Waals surface area (Å²) in [6.07, 6.45) is 3.42. The van der Waals surface area contributed by atoms with Crippen molar-refractivity contribution >= 4 is 17.5 Å². The molecule has 1 fully saturated rings. The molecule has 1 aromatic heterocycles. The number of nitrogens with one attached hydrogen (secondary N) is 1. The molecule has 1 N–H and O–H groups in total. The molecule has 1 aliphatic rings. The number of para-hydroxylation sites is 1. The van der Waals surface area contributed by atoms with Gasteiger partial charge in [-0.15, -0.1) is 0 Å². The van der Waals surface area contributed by atoms with Crippen LogP contribution in [0.25, 0.3) is 11.4 Å². The Labute approximate surface area is 205 Å². The van der Waals surface area contributed by atoms with Gasteiger partial charge in [-0.05, 0) is 69.5 Å². The van der Waals surface area contributed by atoms with E-state index in [0.29, 0.717) is 36.4 Å². The number of ether oxygens (including phenoxy) is 1. The number of aryl methyl sites for hydroxylation is 1. The lowest BCUT2D eigenvalue weighted by atomic mass is 9.96. The Bertz CT molecular complexity index is 1080. The quantitative estimate of drug-likeness (QED) is 0.420. The number of likely N-dealkylation sites (tertiary alicyclic amines) is 1. The predicted molar refractivity (Wildman–Crippen MR) is 132 cm³/mol. The molecule has 1 saturated heterocycles. The lowest BCUT2D eigenvalue weighted by molar-refractivity contribution is -0.126. The molecule has 0 bridgehead atoms. The average Bonchev–Trinajstić information content (AvgIpc) is 3.31. The second-order valence-electron chi connectivity index (χ2n) is 8.48. The zero-order valence-corrected chi connectivity index (χ0v) is 20.3. The molecular formula is C26H31ClN4O3. The number of carbonyl (C=O) groups is 1. The fourth-order valence-corrected chi connectivity index (χ4v) is 4.48. The van der Waals surface area contributed by atoms with Gasteiger partial charge in [0.05, 0.1) is 18.2 Å². The molecule has 34 heavy (non-hydrogen) atoms. The van der Waals surface area contributed by atoms with Crippen molar-refractivity contribution < 1.29 is 14.1 Å². The monoisotopic (exact) mass is 482 g/mol. The van der Waals surface area contributed by atoms with Gasteiger partial charge in [-0.3, -0.25) is 9.69 Å². The molecule has 7 nitrogen and oxygen atoms in total. The van der Waals surface area contributed by atoms with Crippen LogP contribution in [0.1, 0.15) is 37.6 Å². The molecule has 1 amide bonds. The first-order chi connectivity index (χ1) is 16.6. The highest BCUT2D eigenvalue weighted by Gasteiger charge is 2.26. The molecule has 8 heteroatoms. The van der Waals surface area contributed by atoms with Crippen LogP contribution in [0.4, 0.5) is 0 Å². The number of benzene rings is 2. The van der Waals surface area contributed by atoms with E-state index >= 15 is 0 Å². The summed E-state index contributed by atoms with van der Waals surface area (Å²) in [7, 11) is 0. The van der Waals surface area contributed by atoms with Gasteiger partial charge in [0.15, 0.2) is 0 Å². The number of hydrogen-bond donors (Lipinski definition) is 1. The van der Waals surface area contributed by atoms with Crippen LogP contribution >= 0.6 is 11.6 Å².